The maximum atomic E-state index is 9.38. The van der Waals surface area contributed by atoms with Gasteiger partial charge in [0.05, 0.1) is 12.2 Å². The van der Waals surface area contributed by atoms with Gasteiger partial charge in [-0.2, -0.15) is 0 Å². The highest BCUT2D eigenvalue weighted by atomic mass is 31.0. The zero-order chi connectivity index (χ0) is 15.4. The minimum absolute atomic E-state index is 0. The fourth-order valence-corrected chi connectivity index (χ4v) is 1.44. The first-order valence-corrected chi connectivity index (χ1v) is 7.17. The van der Waals surface area contributed by atoms with Crippen LogP contribution in [0.4, 0.5) is 0 Å². The molecule has 5 N–H and O–H groups in total. The first-order chi connectivity index (χ1) is 8.81. The van der Waals surface area contributed by atoms with E-state index in [4.69, 9.17) is 0 Å². The third-order valence-corrected chi connectivity index (χ3v) is 3.56. The zero-order valence-electron chi connectivity index (χ0n) is 13.1. The van der Waals surface area contributed by atoms with Gasteiger partial charge in [-0.1, -0.05) is 16.8 Å². The van der Waals surface area contributed by atoms with Crippen molar-refractivity contribution in [3.63, 3.8) is 0 Å². The van der Waals surface area contributed by atoms with E-state index in [1.165, 1.54) is 0 Å². The number of nitrogens with zero attached hydrogens (tertiary/aromatic N) is 1. The van der Waals surface area contributed by atoms with Crippen LogP contribution in [0.1, 0.15) is 21.3 Å². The third-order valence-electron chi connectivity index (χ3n) is 3.04. The number of rotatable bonds is 8. The maximum absolute atomic E-state index is 9.38. The van der Waals surface area contributed by atoms with Crippen LogP contribution in [0.15, 0.2) is 0 Å². The Bertz CT molecular complexity index is 199. The molecule has 0 aromatic rings. The molecule has 0 aliphatic heterocycles. The molecule has 5 atom stereocenters. The highest BCUT2D eigenvalue weighted by Crippen LogP contribution is 1.97. The van der Waals surface area contributed by atoms with E-state index in [9.17, 15) is 10.2 Å². The fraction of sp³-hybridized carbons (Fsp3) is 1.00. The summed E-state index contributed by atoms with van der Waals surface area (Å²) in [5.41, 5.74) is 0. The van der Waals surface area contributed by atoms with Crippen molar-refractivity contribution < 1.29 is 10.2 Å². The van der Waals surface area contributed by atoms with Gasteiger partial charge < -0.3 is 25.7 Å². The number of nitrogens with one attached hydrogen (secondary N) is 3. The van der Waals surface area contributed by atoms with E-state index < -0.39 is 0 Å². The largest absolute Gasteiger partial charge is 0.390 e. The standard InChI is InChI=1S/C7H18N2O.C5H15N2OP.CH4/c1-6(9(3)4)7(10)5-8-2;1-4(7-9)5(8)3-6-2;/h6-8,10H,5H2,1-4H3;4-8H,3,9H2,1-2H3;1H4/t6?,7-;4?,5-;/m11./s1. The van der Waals surface area contributed by atoms with Crippen molar-refractivity contribution in [3.05, 3.63) is 0 Å². The van der Waals surface area contributed by atoms with E-state index in [1.807, 2.05) is 46.9 Å². The molecule has 0 saturated heterocycles. The molecule has 7 heteroatoms. The third kappa shape index (κ3) is 13.2. The van der Waals surface area contributed by atoms with E-state index in [1.54, 1.807) is 0 Å². The SMILES string of the molecule is C.CNC[C@@H](O)C(C)N(C)C.CNC[C@@H](O)C(C)NP. The van der Waals surface area contributed by atoms with Crippen molar-refractivity contribution in [1.29, 1.82) is 0 Å². The number of aliphatic hydroxyl groups excluding tert-OH is 2. The van der Waals surface area contributed by atoms with Crippen LogP contribution in [-0.2, 0) is 0 Å². The van der Waals surface area contributed by atoms with Crippen LogP contribution >= 0.6 is 9.39 Å². The Morgan fingerprint density at radius 2 is 1.40 bits per heavy atom. The molecule has 0 fully saturated rings. The summed E-state index contributed by atoms with van der Waals surface area (Å²) in [5, 5.41) is 27.2. The van der Waals surface area contributed by atoms with Crippen LogP contribution in [0.5, 0.6) is 0 Å². The topological polar surface area (TPSA) is 79.8 Å². The first kappa shape index (κ1) is 25.2. The summed E-state index contributed by atoms with van der Waals surface area (Å²) in [6.45, 7) is 5.21. The minimum Gasteiger partial charge on any atom is -0.390 e. The van der Waals surface area contributed by atoms with E-state index in [-0.39, 0.29) is 31.7 Å². The number of aliphatic hydroxyl groups is 2. The van der Waals surface area contributed by atoms with Gasteiger partial charge in [-0.25, -0.2) is 0 Å². The smallest absolute Gasteiger partial charge is 0.0817 e. The molecular weight excluding hydrogens is 275 g/mol. The molecule has 0 aromatic heterocycles. The van der Waals surface area contributed by atoms with Gasteiger partial charge in [-0.05, 0) is 42.0 Å². The van der Waals surface area contributed by atoms with Gasteiger partial charge in [0, 0.05) is 25.2 Å². The fourth-order valence-electron chi connectivity index (χ4n) is 1.22. The molecule has 3 unspecified atom stereocenters. The molecule has 6 nitrogen and oxygen atoms in total. The molecule has 0 saturated carbocycles. The molecular formula is C13H37N4O2P. The van der Waals surface area contributed by atoms with Gasteiger partial charge in [0.2, 0.25) is 0 Å². The van der Waals surface area contributed by atoms with Gasteiger partial charge in [0.1, 0.15) is 0 Å². The van der Waals surface area contributed by atoms with Crippen molar-refractivity contribution in [1.82, 2.24) is 20.6 Å². The van der Waals surface area contributed by atoms with Gasteiger partial charge in [-0.3, -0.25) is 5.09 Å². The lowest BCUT2D eigenvalue weighted by molar-refractivity contribution is 0.0868. The van der Waals surface area contributed by atoms with Crippen LogP contribution < -0.4 is 15.7 Å². The average molecular weight is 312 g/mol. The minimum atomic E-state index is -0.313. The Morgan fingerprint density at radius 3 is 1.70 bits per heavy atom. The molecule has 0 bridgehead atoms. The Balaban J connectivity index is -0.000000277. The molecule has 0 spiro atoms. The number of hydrogen-bond donors (Lipinski definition) is 5. The monoisotopic (exact) mass is 312 g/mol. The number of likely N-dealkylation sites (N-methyl/N-ethyl adjacent to an activating group) is 3. The summed E-state index contributed by atoms with van der Waals surface area (Å²) >= 11 is 0. The predicted molar refractivity (Wildman–Crippen MR) is 92.1 cm³/mol. The summed E-state index contributed by atoms with van der Waals surface area (Å²) < 4.78 is 0. The van der Waals surface area contributed by atoms with Crippen LogP contribution in [0.25, 0.3) is 0 Å². The van der Waals surface area contributed by atoms with Gasteiger partial charge >= 0.3 is 0 Å². The second-order valence-electron chi connectivity index (χ2n) is 4.91. The summed E-state index contributed by atoms with van der Waals surface area (Å²) in [6, 6.07) is 0.342. The molecule has 0 aromatic carbocycles. The van der Waals surface area contributed by atoms with E-state index >= 15 is 0 Å². The lowest BCUT2D eigenvalue weighted by Crippen LogP contribution is -2.41. The maximum Gasteiger partial charge on any atom is 0.0817 e. The summed E-state index contributed by atoms with van der Waals surface area (Å²) in [7, 11) is 9.96. The van der Waals surface area contributed by atoms with Crippen LogP contribution in [0, 0.1) is 0 Å². The van der Waals surface area contributed by atoms with Gasteiger partial charge in [-0.15, -0.1) is 0 Å². The lowest BCUT2D eigenvalue weighted by Gasteiger charge is -2.24. The molecule has 0 amide bonds. The molecule has 20 heavy (non-hydrogen) atoms. The van der Waals surface area contributed by atoms with E-state index in [2.05, 4.69) is 25.1 Å². The lowest BCUT2D eigenvalue weighted by atomic mass is 10.2. The zero-order valence-corrected chi connectivity index (χ0v) is 14.3. The van der Waals surface area contributed by atoms with Crippen molar-refractivity contribution in [2.24, 2.45) is 0 Å². The Labute approximate surface area is 128 Å². The summed E-state index contributed by atoms with van der Waals surface area (Å²) in [6.07, 6.45) is -0.590. The van der Waals surface area contributed by atoms with Gasteiger partial charge in [0.15, 0.2) is 0 Å². The molecule has 0 rings (SSSR count). The molecule has 0 aliphatic rings. The van der Waals surface area contributed by atoms with Gasteiger partial charge in [0.25, 0.3) is 0 Å². The van der Waals surface area contributed by atoms with Crippen molar-refractivity contribution in [2.45, 2.75) is 45.6 Å². The van der Waals surface area contributed by atoms with Crippen molar-refractivity contribution in [3.8, 4) is 0 Å². The predicted octanol–water partition coefficient (Wildman–Crippen LogP) is -0.512. The number of hydrogen-bond acceptors (Lipinski definition) is 6. The molecule has 0 heterocycles. The van der Waals surface area contributed by atoms with Crippen LogP contribution in [0.3, 0.4) is 0 Å². The average Bonchev–Trinajstić information content (AvgIpc) is 2.37. The Hall–Kier alpha value is 0.190. The highest BCUT2D eigenvalue weighted by Gasteiger charge is 2.14. The summed E-state index contributed by atoms with van der Waals surface area (Å²) in [5.74, 6) is 0. The van der Waals surface area contributed by atoms with E-state index in [0.717, 1.165) is 0 Å². The van der Waals surface area contributed by atoms with Crippen LogP contribution in [-0.4, -0.2) is 80.7 Å². The second kappa shape index (κ2) is 15.6. The molecule has 126 valence electrons. The molecule has 0 radical (unpaired) electrons. The Morgan fingerprint density at radius 1 is 1.00 bits per heavy atom. The quantitative estimate of drug-likeness (QED) is 0.389. The molecule has 0 aliphatic carbocycles. The van der Waals surface area contributed by atoms with Crippen molar-refractivity contribution in [2.75, 3.05) is 41.3 Å². The Kier molecular flexibility index (Phi) is 19.6. The highest BCUT2D eigenvalue weighted by molar-refractivity contribution is 7.13. The first-order valence-electron chi connectivity index (χ1n) is 6.59. The van der Waals surface area contributed by atoms with E-state index in [0.29, 0.717) is 13.1 Å². The normalized spacial score (nSPS) is 16.5. The summed E-state index contributed by atoms with van der Waals surface area (Å²) in [4.78, 5) is 2.00. The van der Waals surface area contributed by atoms with Crippen LogP contribution in [0.2, 0.25) is 0 Å². The second-order valence-corrected chi connectivity index (χ2v) is 5.24. The van der Waals surface area contributed by atoms with Crippen molar-refractivity contribution >= 4 is 9.39 Å².